The number of imidazole rings is 1. The lowest BCUT2D eigenvalue weighted by atomic mass is 10.1. The van der Waals surface area contributed by atoms with E-state index in [1.54, 1.807) is 0 Å². The largest absolute Gasteiger partial charge is 0.356 e. The molecule has 2 saturated heterocycles. The van der Waals surface area contributed by atoms with Gasteiger partial charge in [-0.2, -0.15) is 0 Å². The van der Waals surface area contributed by atoms with Gasteiger partial charge in [0.2, 0.25) is 11.9 Å². The monoisotopic (exact) mass is 552 g/mol. The van der Waals surface area contributed by atoms with Gasteiger partial charge in [-0.15, -0.1) is 0 Å². The summed E-state index contributed by atoms with van der Waals surface area (Å²) in [5, 5.41) is 3.56. The number of hydrogen-bond acceptors (Lipinski definition) is 5. The summed E-state index contributed by atoms with van der Waals surface area (Å²) in [6, 6.07) is 6.02. The van der Waals surface area contributed by atoms with Gasteiger partial charge in [-0.05, 0) is 94.6 Å². The molecular formula is C32H52N6O2. The Balaban J connectivity index is 1.50. The minimum Gasteiger partial charge on any atom is -0.356 e. The van der Waals surface area contributed by atoms with Crippen LogP contribution in [-0.2, 0) is 11.3 Å². The lowest BCUT2D eigenvalue weighted by Crippen LogP contribution is -2.34. The summed E-state index contributed by atoms with van der Waals surface area (Å²) in [4.78, 5) is 37.2. The number of aryl methyl sites for hydroxylation is 1. The number of anilines is 1. The van der Waals surface area contributed by atoms with Gasteiger partial charge < -0.3 is 24.6 Å². The van der Waals surface area contributed by atoms with Crippen LogP contribution in [0.2, 0.25) is 0 Å². The maximum Gasteiger partial charge on any atom is 0.253 e. The summed E-state index contributed by atoms with van der Waals surface area (Å²) in [6.07, 6.45) is 8.24. The Morgan fingerprint density at radius 1 is 0.950 bits per heavy atom. The average Bonchev–Trinajstić information content (AvgIpc) is 3.67. The fraction of sp³-hybridized carbons (Fsp3) is 0.719. The van der Waals surface area contributed by atoms with Crippen molar-refractivity contribution in [3.05, 3.63) is 23.8 Å². The Labute approximate surface area is 241 Å². The van der Waals surface area contributed by atoms with Gasteiger partial charge in [0.05, 0.1) is 11.0 Å². The van der Waals surface area contributed by atoms with Gasteiger partial charge in [0.1, 0.15) is 0 Å². The highest BCUT2D eigenvalue weighted by atomic mass is 16.2. The third-order valence-electron chi connectivity index (χ3n) is 8.35. The molecule has 8 nitrogen and oxygen atoms in total. The molecule has 2 aliphatic heterocycles. The Morgan fingerprint density at radius 3 is 2.33 bits per heavy atom. The molecule has 1 aromatic heterocycles. The summed E-state index contributed by atoms with van der Waals surface area (Å²) in [6.45, 7) is 17.3. The maximum absolute atomic E-state index is 13.7. The molecule has 8 heteroatoms. The van der Waals surface area contributed by atoms with Crippen LogP contribution in [0.3, 0.4) is 0 Å². The number of fused-ring (bicyclic) bond motifs is 1. The van der Waals surface area contributed by atoms with Crippen LogP contribution in [0.1, 0.15) is 89.4 Å². The number of carbonyl (C=O) groups is 2. The quantitative estimate of drug-likeness (QED) is 0.279. The van der Waals surface area contributed by atoms with Crippen molar-refractivity contribution in [3.8, 4) is 0 Å². The van der Waals surface area contributed by atoms with Gasteiger partial charge in [0.15, 0.2) is 0 Å². The highest BCUT2D eigenvalue weighted by Gasteiger charge is 2.21. The molecule has 2 aliphatic rings. The molecule has 2 fully saturated rings. The van der Waals surface area contributed by atoms with Crippen molar-refractivity contribution in [1.82, 2.24) is 24.3 Å². The minimum atomic E-state index is 0.123. The Morgan fingerprint density at radius 2 is 1.68 bits per heavy atom. The molecule has 0 aliphatic carbocycles. The first-order valence-electron chi connectivity index (χ1n) is 15.9. The smallest absolute Gasteiger partial charge is 0.253 e. The Hall–Kier alpha value is -2.61. The van der Waals surface area contributed by atoms with Crippen LogP contribution in [0, 0.1) is 11.8 Å². The van der Waals surface area contributed by atoms with Crippen molar-refractivity contribution in [2.75, 3.05) is 57.7 Å². The van der Waals surface area contributed by atoms with Gasteiger partial charge >= 0.3 is 0 Å². The number of likely N-dealkylation sites (tertiary alicyclic amines) is 2. The maximum atomic E-state index is 13.7. The normalized spacial score (nSPS) is 16.2. The second-order valence-corrected chi connectivity index (χ2v) is 12.6. The van der Waals surface area contributed by atoms with Crippen LogP contribution in [0.4, 0.5) is 5.95 Å². The van der Waals surface area contributed by atoms with Gasteiger partial charge in [-0.25, -0.2) is 4.98 Å². The zero-order chi connectivity index (χ0) is 28.5. The Bertz CT molecular complexity index is 1090. The third-order valence-corrected chi connectivity index (χ3v) is 8.35. The first kappa shape index (κ1) is 30.4. The molecule has 0 spiro atoms. The first-order chi connectivity index (χ1) is 19.3. The number of rotatable bonds is 16. The molecule has 0 radical (unpaired) electrons. The number of carbonyl (C=O) groups excluding carboxylic acids is 2. The van der Waals surface area contributed by atoms with Crippen molar-refractivity contribution < 1.29 is 9.59 Å². The van der Waals surface area contributed by atoms with Gasteiger partial charge in [0, 0.05) is 51.3 Å². The highest BCUT2D eigenvalue weighted by molar-refractivity contribution is 5.97. The van der Waals surface area contributed by atoms with E-state index in [-0.39, 0.29) is 11.8 Å². The molecule has 40 heavy (non-hydrogen) atoms. The van der Waals surface area contributed by atoms with E-state index < -0.39 is 0 Å². The van der Waals surface area contributed by atoms with E-state index in [1.165, 1.54) is 25.9 Å². The van der Waals surface area contributed by atoms with Crippen LogP contribution in [0.15, 0.2) is 18.2 Å². The fourth-order valence-corrected chi connectivity index (χ4v) is 5.81. The van der Waals surface area contributed by atoms with E-state index in [1.807, 2.05) is 21.9 Å². The van der Waals surface area contributed by atoms with Crippen LogP contribution in [0.5, 0.6) is 0 Å². The molecule has 3 heterocycles. The zero-order valence-electron chi connectivity index (χ0n) is 25.5. The minimum absolute atomic E-state index is 0.123. The summed E-state index contributed by atoms with van der Waals surface area (Å²) >= 11 is 0. The molecule has 2 amide bonds. The molecule has 2 aromatic rings. The van der Waals surface area contributed by atoms with E-state index >= 15 is 0 Å². The van der Waals surface area contributed by atoms with Gasteiger partial charge in [0.25, 0.3) is 5.91 Å². The standard InChI is InChI=1S/C32H52N6O2/c1-25(2)13-22-37(23-14-26(3)4)31(40)27-11-12-28-29(24-27)38(21-9-18-35-16-5-6-17-35)32(34-28)33-15-8-20-36-19-7-10-30(36)39/h11-12,24-26H,5-10,13-23H2,1-4H3,(H,33,34). The number of aromatic nitrogens is 2. The summed E-state index contributed by atoms with van der Waals surface area (Å²) in [5.41, 5.74) is 2.70. The molecule has 0 saturated carbocycles. The van der Waals surface area contributed by atoms with E-state index in [0.717, 1.165) is 100 Å². The predicted molar refractivity (Wildman–Crippen MR) is 164 cm³/mol. The van der Waals surface area contributed by atoms with E-state index in [2.05, 4.69) is 48.5 Å². The van der Waals surface area contributed by atoms with Crippen molar-refractivity contribution in [2.45, 2.75) is 85.6 Å². The number of nitrogens with one attached hydrogen (secondary N) is 1. The Kier molecular flexibility index (Phi) is 11.3. The van der Waals surface area contributed by atoms with E-state index in [0.29, 0.717) is 18.3 Å². The summed E-state index contributed by atoms with van der Waals surface area (Å²) in [7, 11) is 0. The summed E-state index contributed by atoms with van der Waals surface area (Å²) < 4.78 is 2.27. The molecule has 1 aromatic carbocycles. The number of amides is 2. The lowest BCUT2D eigenvalue weighted by molar-refractivity contribution is -0.127. The van der Waals surface area contributed by atoms with Crippen LogP contribution < -0.4 is 5.32 Å². The molecule has 0 atom stereocenters. The van der Waals surface area contributed by atoms with Crippen molar-refractivity contribution in [3.63, 3.8) is 0 Å². The van der Waals surface area contributed by atoms with Crippen molar-refractivity contribution in [1.29, 1.82) is 0 Å². The lowest BCUT2D eigenvalue weighted by Gasteiger charge is -2.25. The highest BCUT2D eigenvalue weighted by Crippen LogP contribution is 2.24. The van der Waals surface area contributed by atoms with Crippen LogP contribution >= 0.6 is 0 Å². The molecule has 4 rings (SSSR count). The molecule has 0 bridgehead atoms. The fourth-order valence-electron chi connectivity index (χ4n) is 5.81. The second-order valence-electron chi connectivity index (χ2n) is 12.6. The van der Waals surface area contributed by atoms with Gasteiger partial charge in [-0.1, -0.05) is 27.7 Å². The number of hydrogen-bond donors (Lipinski definition) is 1. The second kappa shape index (κ2) is 14.9. The zero-order valence-corrected chi connectivity index (χ0v) is 25.5. The van der Waals surface area contributed by atoms with Crippen molar-refractivity contribution >= 4 is 28.8 Å². The molecule has 0 unspecified atom stereocenters. The summed E-state index contributed by atoms with van der Waals surface area (Å²) in [5.74, 6) is 2.39. The number of nitrogens with zero attached hydrogens (tertiary/aromatic N) is 5. The van der Waals surface area contributed by atoms with E-state index in [4.69, 9.17) is 4.98 Å². The molecule has 222 valence electrons. The third kappa shape index (κ3) is 8.45. The molecule has 1 N–H and O–H groups in total. The molecular weight excluding hydrogens is 500 g/mol. The first-order valence-corrected chi connectivity index (χ1v) is 15.9. The van der Waals surface area contributed by atoms with E-state index in [9.17, 15) is 9.59 Å². The average molecular weight is 553 g/mol. The van der Waals surface area contributed by atoms with Gasteiger partial charge in [-0.3, -0.25) is 9.59 Å². The van der Waals surface area contributed by atoms with Crippen molar-refractivity contribution in [2.24, 2.45) is 11.8 Å². The SMILES string of the molecule is CC(C)CCN(CCC(C)C)C(=O)c1ccc2nc(NCCCN3CCCC3=O)n(CCCN3CCCC3)c2c1. The number of benzene rings is 1. The van der Waals surface area contributed by atoms with Crippen LogP contribution in [0.25, 0.3) is 11.0 Å². The topological polar surface area (TPSA) is 73.7 Å². The predicted octanol–water partition coefficient (Wildman–Crippen LogP) is 5.48. The van der Waals surface area contributed by atoms with Crippen LogP contribution in [-0.4, -0.2) is 88.4 Å².